The van der Waals surface area contributed by atoms with Gasteiger partial charge in [-0.05, 0) is 44.1 Å². The maximum absolute atomic E-state index is 12.4. The molecule has 1 unspecified atom stereocenters. The number of hydrogen-bond donors (Lipinski definition) is 1. The van der Waals surface area contributed by atoms with E-state index in [1.165, 1.54) is 38.5 Å². The summed E-state index contributed by atoms with van der Waals surface area (Å²) in [6.45, 7) is 5.20. The second kappa shape index (κ2) is 9.38. The molecular formula is C17H34N2O. The molecule has 0 spiro atoms. The van der Waals surface area contributed by atoms with Crippen molar-refractivity contribution in [1.29, 1.82) is 0 Å². The zero-order chi connectivity index (χ0) is 15.0. The number of amides is 1. The van der Waals surface area contributed by atoms with Gasteiger partial charge in [0.05, 0.1) is 0 Å². The topological polar surface area (TPSA) is 46.3 Å². The van der Waals surface area contributed by atoms with Crippen molar-refractivity contribution in [3.05, 3.63) is 0 Å². The Morgan fingerprint density at radius 2 is 1.75 bits per heavy atom. The molecule has 118 valence electrons. The van der Waals surface area contributed by atoms with Gasteiger partial charge in [0.15, 0.2) is 0 Å². The summed E-state index contributed by atoms with van der Waals surface area (Å²) in [5, 5.41) is 0. The van der Waals surface area contributed by atoms with E-state index in [2.05, 4.69) is 13.8 Å². The summed E-state index contributed by atoms with van der Waals surface area (Å²) >= 11 is 0. The van der Waals surface area contributed by atoms with Crippen LogP contribution in [0.4, 0.5) is 0 Å². The maximum Gasteiger partial charge on any atom is 0.222 e. The standard InChI is InChI=1S/C17H34N2O/c1-14(2)15(12-13-18)10-11-17(20)19(3)16-8-6-4-5-7-9-16/h14-16H,4-13,18H2,1-3H3. The van der Waals surface area contributed by atoms with Crippen molar-refractivity contribution < 1.29 is 4.79 Å². The fourth-order valence-corrected chi connectivity index (χ4v) is 3.36. The van der Waals surface area contributed by atoms with Crippen molar-refractivity contribution in [2.24, 2.45) is 17.6 Å². The number of carbonyl (C=O) groups is 1. The Labute approximate surface area is 125 Å². The third-order valence-corrected chi connectivity index (χ3v) is 4.98. The van der Waals surface area contributed by atoms with E-state index < -0.39 is 0 Å². The maximum atomic E-state index is 12.4. The lowest BCUT2D eigenvalue weighted by molar-refractivity contribution is -0.132. The fourth-order valence-electron chi connectivity index (χ4n) is 3.36. The smallest absolute Gasteiger partial charge is 0.222 e. The van der Waals surface area contributed by atoms with Crippen LogP contribution in [0, 0.1) is 11.8 Å². The molecule has 0 aromatic rings. The number of hydrogen-bond acceptors (Lipinski definition) is 2. The molecule has 1 aliphatic rings. The third-order valence-electron chi connectivity index (χ3n) is 4.98. The highest BCUT2D eigenvalue weighted by Crippen LogP contribution is 2.24. The minimum atomic E-state index is 0.333. The lowest BCUT2D eigenvalue weighted by Gasteiger charge is -2.28. The van der Waals surface area contributed by atoms with E-state index in [1.807, 2.05) is 11.9 Å². The van der Waals surface area contributed by atoms with Gasteiger partial charge in [-0.25, -0.2) is 0 Å². The second-order valence-corrected chi connectivity index (χ2v) is 6.77. The average Bonchev–Trinajstić information content (AvgIpc) is 2.70. The summed E-state index contributed by atoms with van der Waals surface area (Å²) < 4.78 is 0. The van der Waals surface area contributed by atoms with Gasteiger partial charge in [-0.1, -0.05) is 39.5 Å². The molecule has 0 bridgehead atoms. The van der Waals surface area contributed by atoms with E-state index in [0.717, 1.165) is 19.4 Å². The number of nitrogens with two attached hydrogens (primary N) is 1. The third kappa shape index (κ3) is 5.82. The van der Waals surface area contributed by atoms with Crippen molar-refractivity contribution in [3.63, 3.8) is 0 Å². The molecule has 3 heteroatoms. The molecule has 0 aromatic heterocycles. The number of carbonyl (C=O) groups excluding carboxylic acids is 1. The molecule has 1 saturated carbocycles. The van der Waals surface area contributed by atoms with Gasteiger partial charge in [-0.3, -0.25) is 4.79 Å². The number of nitrogens with zero attached hydrogens (tertiary/aromatic N) is 1. The van der Waals surface area contributed by atoms with Gasteiger partial charge < -0.3 is 10.6 Å². The second-order valence-electron chi connectivity index (χ2n) is 6.77. The molecule has 0 aromatic carbocycles. The first kappa shape index (κ1) is 17.5. The van der Waals surface area contributed by atoms with Crippen LogP contribution in [0.25, 0.3) is 0 Å². The molecule has 1 amide bonds. The Bertz CT molecular complexity index is 270. The molecule has 3 nitrogen and oxygen atoms in total. The van der Waals surface area contributed by atoms with Crippen LogP contribution in [0.2, 0.25) is 0 Å². The van der Waals surface area contributed by atoms with Gasteiger partial charge >= 0.3 is 0 Å². The van der Waals surface area contributed by atoms with E-state index in [4.69, 9.17) is 5.73 Å². The van der Waals surface area contributed by atoms with Crippen molar-refractivity contribution in [2.45, 2.75) is 77.7 Å². The highest BCUT2D eigenvalue weighted by atomic mass is 16.2. The molecule has 2 N–H and O–H groups in total. The van der Waals surface area contributed by atoms with Crippen LogP contribution in [0.1, 0.15) is 71.6 Å². The molecule has 1 aliphatic carbocycles. The van der Waals surface area contributed by atoms with Crippen LogP contribution < -0.4 is 5.73 Å². The average molecular weight is 282 g/mol. The lowest BCUT2D eigenvalue weighted by atomic mass is 9.88. The van der Waals surface area contributed by atoms with E-state index >= 15 is 0 Å². The Hall–Kier alpha value is -0.570. The van der Waals surface area contributed by atoms with Gasteiger partial charge in [-0.2, -0.15) is 0 Å². The Morgan fingerprint density at radius 3 is 2.25 bits per heavy atom. The van der Waals surface area contributed by atoms with Crippen molar-refractivity contribution in [1.82, 2.24) is 4.90 Å². The molecular weight excluding hydrogens is 248 g/mol. The Balaban J connectivity index is 2.39. The Kier molecular flexibility index (Phi) is 8.20. The summed E-state index contributed by atoms with van der Waals surface area (Å²) in [7, 11) is 2.01. The van der Waals surface area contributed by atoms with Gasteiger partial charge in [-0.15, -0.1) is 0 Å². The molecule has 1 fully saturated rings. The minimum absolute atomic E-state index is 0.333. The largest absolute Gasteiger partial charge is 0.343 e. The van der Waals surface area contributed by atoms with Gasteiger partial charge in [0.1, 0.15) is 0 Å². The molecule has 0 aliphatic heterocycles. The van der Waals surface area contributed by atoms with E-state index in [9.17, 15) is 4.79 Å². The van der Waals surface area contributed by atoms with Crippen LogP contribution in [-0.4, -0.2) is 30.4 Å². The summed E-state index contributed by atoms with van der Waals surface area (Å²) in [5.74, 6) is 1.54. The monoisotopic (exact) mass is 282 g/mol. The van der Waals surface area contributed by atoms with Crippen LogP contribution in [0.15, 0.2) is 0 Å². The van der Waals surface area contributed by atoms with Gasteiger partial charge in [0, 0.05) is 19.5 Å². The van der Waals surface area contributed by atoms with Gasteiger partial charge in [0.25, 0.3) is 0 Å². The zero-order valence-electron chi connectivity index (χ0n) is 13.7. The normalized spacial score (nSPS) is 18.9. The molecule has 20 heavy (non-hydrogen) atoms. The minimum Gasteiger partial charge on any atom is -0.343 e. The fraction of sp³-hybridized carbons (Fsp3) is 0.941. The van der Waals surface area contributed by atoms with E-state index in [0.29, 0.717) is 30.2 Å². The predicted molar refractivity (Wildman–Crippen MR) is 85.5 cm³/mol. The molecule has 1 rings (SSSR count). The molecule has 0 heterocycles. The highest BCUT2D eigenvalue weighted by Gasteiger charge is 2.22. The molecule has 0 radical (unpaired) electrons. The lowest BCUT2D eigenvalue weighted by Crippen LogP contribution is -2.37. The molecule has 0 saturated heterocycles. The van der Waals surface area contributed by atoms with Crippen molar-refractivity contribution >= 4 is 5.91 Å². The Morgan fingerprint density at radius 1 is 1.15 bits per heavy atom. The van der Waals surface area contributed by atoms with Crippen molar-refractivity contribution in [3.8, 4) is 0 Å². The first-order valence-corrected chi connectivity index (χ1v) is 8.52. The molecule has 1 atom stereocenters. The van der Waals surface area contributed by atoms with Crippen LogP contribution in [0.3, 0.4) is 0 Å². The SMILES string of the molecule is CC(C)C(CCN)CCC(=O)N(C)C1CCCCCC1. The number of rotatable bonds is 7. The predicted octanol–water partition coefficient (Wildman–Crippen LogP) is 3.57. The summed E-state index contributed by atoms with van der Waals surface area (Å²) in [6.07, 6.45) is 10.3. The quantitative estimate of drug-likeness (QED) is 0.726. The first-order chi connectivity index (χ1) is 9.56. The first-order valence-electron chi connectivity index (χ1n) is 8.52. The van der Waals surface area contributed by atoms with E-state index in [-0.39, 0.29) is 0 Å². The van der Waals surface area contributed by atoms with Crippen LogP contribution in [0.5, 0.6) is 0 Å². The summed E-state index contributed by atoms with van der Waals surface area (Å²) in [6, 6.07) is 0.483. The van der Waals surface area contributed by atoms with E-state index in [1.54, 1.807) is 0 Å². The van der Waals surface area contributed by atoms with Crippen LogP contribution in [-0.2, 0) is 4.79 Å². The van der Waals surface area contributed by atoms with Crippen LogP contribution >= 0.6 is 0 Å². The summed E-state index contributed by atoms with van der Waals surface area (Å²) in [4.78, 5) is 14.4. The highest BCUT2D eigenvalue weighted by molar-refractivity contribution is 5.76. The summed E-state index contributed by atoms with van der Waals surface area (Å²) in [5.41, 5.74) is 5.67. The van der Waals surface area contributed by atoms with Crippen molar-refractivity contribution in [2.75, 3.05) is 13.6 Å². The van der Waals surface area contributed by atoms with Gasteiger partial charge in [0.2, 0.25) is 5.91 Å². The zero-order valence-corrected chi connectivity index (χ0v) is 13.7.